The van der Waals surface area contributed by atoms with Gasteiger partial charge in [0.2, 0.25) is 11.8 Å². The van der Waals surface area contributed by atoms with Crippen LogP contribution in [0.25, 0.3) is 11.0 Å². The molecule has 12 heteroatoms. The Morgan fingerprint density at radius 3 is 2.33 bits per heavy atom. The van der Waals surface area contributed by atoms with Crippen molar-refractivity contribution in [3.05, 3.63) is 34.2 Å². The average Bonchev–Trinajstić information content (AvgIpc) is 3.10. The third-order valence-electron chi connectivity index (χ3n) is 6.09. The summed E-state index contributed by atoms with van der Waals surface area (Å²) >= 11 is 0. The highest BCUT2D eigenvalue weighted by Gasteiger charge is 2.31. The number of benzene rings is 1. The second-order valence-electron chi connectivity index (χ2n) is 10.4. The molecule has 1 aliphatic heterocycles. The molecule has 0 spiro atoms. The van der Waals surface area contributed by atoms with Crippen LogP contribution in [0.3, 0.4) is 0 Å². The molecule has 1 unspecified atom stereocenters. The summed E-state index contributed by atoms with van der Waals surface area (Å²) in [6.45, 7) is 8.54. The number of nitrogens with one attached hydrogen (secondary N) is 2. The third-order valence-corrected chi connectivity index (χ3v) is 6.09. The maximum absolute atomic E-state index is 12.9. The van der Waals surface area contributed by atoms with Crippen LogP contribution >= 0.6 is 0 Å². The second kappa shape index (κ2) is 14.2. The number of hydrogen-bond acceptors (Lipinski definition) is 8. The highest BCUT2D eigenvalue weighted by Crippen LogP contribution is 2.24. The van der Waals surface area contributed by atoms with Crippen LogP contribution in [-0.4, -0.2) is 78.8 Å². The van der Waals surface area contributed by atoms with Gasteiger partial charge in [-0.1, -0.05) is 6.07 Å². The summed E-state index contributed by atoms with van der Waals surface area (Å²) in [7, 11) is 1.69. The van der Waals surface area contributed by atoms with Crippen LogP contribution in [0.15, 0.2) is 23.0 Å². The lowest BCUT2D eigenvalue weighted by Gasteiger charge is -2.21. The number of hydrogen-bond donors (Lipinski definition) is 2. The number of aromatic nitrogens is 2. The van der Waals surface area contributed by atoms with E-state index in [1.165, 1.54) is 9.13 Å². The molecule has 0 bridgehead atoms. The molecular weight excluding hydrogens is 508 g/mol. The minimum atomic E-state index is -0.687. The van der Waals surface area contributed by atoms with Crippen LogP contribution in [0.5, 0.6) is 0 Å². The Hall–Kier alpha value is -3.22. The predicted molar refractivity (Wildman–Crippen MR) is 144 cm³/mol. The van der Waals surface area contributed by atoms with Gasteiger partial charge in [-0.15, -0.1) is 0 Å². The zero-order chi connectivity index (χ0) is 28.4. The van der Waals surface area contributed by atoms with Crippen molar-refractivity contribution in [2.75, 3.05) is 46.2 Å². The number of aryl methyl sites for hydroxylation is 2. The average molecular weight is 549 g/mol. The molecule has 1 fully saturated rings. The van der Waals surface area contributed by atoms with E-state index in [9.17, 15) is 19.2 Å². The molecule has 2 heterocycles. The summed E-state index contributed by atoms with van der Waals surface area (Å²) in [5.41, 5.74) is 1.70. The van der Waals surface area contributed by atoms with Gasteiger partial charge in [-0.2, -0.15) is 0 Å². The number of rotatable bonds is 14. The van der Waals surface area contributed by atoms with Gasteiger partial charge < -0.3 is 24.3 Å². The maximum atomic E-state index is 12.9. The number of carbonyl (C=O) groups excluding carboxylic acids is 3. The first-order valence-electron chi connectivity index (χ1n) is 13.3. The molecule has 1 aliphatic rings. The molecule has 39 heavy (non-hydrogen) atoms. The van der Waals surface area contributed by atoms with Gasteiger partial charge in [-0.3, -0.25) is 24.0 Å². The Labute approximate surface area is 227 Å². The lowest BCUT2D eigenvalue weighted by Crippen LogP contribution is -2.44. The highest BCUT2D eigenvalue weighted by molar-refractivity contribution is 6.00. The smallest absolute Gasteiger partial charge is 0.407 e. The zero-order valence-corrected chi connectivity index (χ0v) is 23.2. The van der Waals surface area contributed by atoms with Crippen molar-refractivity contribution < 1.29 is 33.3 Å². The molecule has 1 aromatic carbocycles. The first kappa shape index (κ1) is 30.3. The Bertz CT molecular complexity index is 1200. The maximum Gasteiger partial charge on any atom is 0.407 e. The van der Waals surface area contributed by atoms with E-state index in [4.69, 9.17) is 18.9 Å². The SMILES string of the molecule is Cn1c(=O)n(C2CCC(=O)NC2=O)c2ccc(CCCOCCOCCOCCNC(=O)OC(C)(C)C)cc21. The Morgan fingerprint density at radius 2 is 1.67 bits per heavy atom. The molecule has 3 rings (SSSR count). The lowest BCUT2D eigenvalue weighted by molar-refractivity contribution is -0.135. The monoisotopic (exact) mass is 548 g/mol. The molecule has 3 amide bonds. The van der Waals surface area contributed by atoms with E-state index in [0.29, 0.717) is 58.1 Å². The van der Waals surface area contributed by atoms with Crippen molar-refractivity contribution in [2.24, 2.45) is 7.05 Å². The molecule has 0 aliphatic carbocycles. The fourth-order valence-electron chi connectivity index (χ4n) is 4.25. The number of nitrogens with zero attached hydrogens (tertiary/aromatic N) is 2. The minimum Gasteiger partial charge on any atom is -0.444 e. The van der Waals surface area contributed by atoms with Gasteiger partial charge in [0.15, 0.2) is 0 Å². The Balaban J connectivity index is 1.29. The van der Waals surface area contributed by atoms with Crippen molar-refractivity contribution in [3.8, 4) is 0 Å². The van der Waals surface area contributed by atoms with Gasteiger partial charge in [0, 0.05) is 26.6 Å². The van der Waals surface area contributed by atoms with Crippen molar-refractivity contribution in [2.45, 2.75) is 58.1 Å². The molecule has 0 radical (unpaired) electrons. The summed E-state index contributed by atoms with van der Waals surface area (Å²) in [4.78, 5) is 48.2. The van der Waals surface area contributed by atoms with E-state index in [0.717, 1.165) is 23.9 Å². The largest absolute Gasteiger partial charge is 0.444 e. The number of alkyl carbamates (subject to hydrolysis) is 1. The van der Waals surface area contributed by atoms with Gasteiger partial charge in [0.1, 0.15) is 11.6 Å². The number of fused-ring (bicyclic) bond motifs is 1. The Kier molecular flexibility index (Phi) is 11.1. The first-order valence-corrected chi connectivity index (χ1v) is 13.3. The van der Waals surface area contributed by atoms with Gasteiger partial charge in [0.25, 0.3) is 0 Å². The predicted octanol–water partition coefficient (Wildman–Crippen LogP) is 1.82. The quantitative estimate of drug-likeness (QED) is 0.269. The summed E-state index contributed by atoms with van der Waals surface area (Å²) in [6.07, 6.45) is 1.65. The number of piperidine rings is 1. The molecule has 2 aromatic rings. The molecule has 2 N–H and O–H groups in total. The second-order valence-corrected chi connectivity index (χ2v) is 10.4. The summed E-state index contributed by atoms with van der Waals surface area (Å²) in [5, 5.41) is 4.95. The van der Waals surface area contributed by atoms with Gasteiger partial charge in [0.05, 0.1) is 44.1 Å². The number of ether oxygens (including phenoxy) is 4. The minimum absolute atomic E-state index is 0.214. The molecule has 1 atom stereocenters. The first-order chi connectivity index (χ1) is 18.6. The number of carbonyl (C=O) groups is 3. The van der Waals surface area contributed by atoms with Crippen molar-refractivity contribution in [1.29, 1.82) is 0 Å². The van der Waals surface area contributed by atoms with Crippen LogP contribution < -0.4 is 16.3 Å². The fourth-order valence-corrected chi connectivity index (χ4v) is 4.25. The van der Waals surface area contributed by atoms with E-state index in [1.807, 2.05) is 39.0 Å². The van der Waals surface area contributed by atoms with E-state index in [-0.39, 0.29) is 18.0 Å². The topological polar surface area (TPSA) is 139 Å². The zero-order valence-electron chi connectivity index (χ0n) is 23.2. The van der Waals surface area contributed by atoms with Crippen LogP contribution in [0, 0.1) is 0 Å². The molecule has 0 saturated carbocycles. The van der Waals surface area contributed by atoms with Crippen LogP contribution in [0.2, 0.25) is 0 Å². The molecular formula is C27H40N4O8. The van der Waals surface area contributed by atoms with Crippen LogP contribution in [0.1, 0.15) is 51.6 Å². The molecule has 1 aromatic heterocycles. The van der Waals surface area contributed by atoms with Gasteiger partial charge >= 0.3 is 11.8 Å². The summed E-state index contributed by atoms with van der Waals surface area (Å²) < 4.78 is 24.7. The lowest BCUT2D eigenvalue weighted by atomic mass is 10.1. The van der Waals surface area contributed by atoms with Crippen LogP contribution in [0.4, 0.5) is 4.79 Å². The third kappa shape index (κ3) is 9.19. The number of imide groups is 1. The molecule has 1 saturated heterocycles. The van der Waals surface area contributed by atoms with Crippen molar-refractivity contribution in [3.63, 3.8) is 0 Å². The van der Waals surface area contributed by atoms with E-state index >= 15 is 0 Å². The number of amides is 3. The number of imidazole rings is 1. The highest BCUT2D eigenvalue weighted by atomic mass is 16.6. The van der Waals surface area contributed by atoms with E-state index in [1.54, 1.807) is 7.05 Å². The summed E-state index contributed by atoms with van der Waals surface area (Å²) in [6, 6.07) is 5.09. The molecule has 216 valence electrons. The van der Waals surface area contributed by atoms with E-state index in [2.05, 4.69) is 10.6 Å². The summed E-state index contributed by atoms with van der Waals surface area (Å²) in [5.74, 6) is -0.748. The normalized spacial score (nSPS) is 15.9. The van der Waals surface area contributed by atoms with Crippen LogP contribution in [-0.2, 0) is 42.0 Å². The Morgan fingerprint density at radius 1 is 1.00 bits per heavy atom. The van der Waals surface area contributed by atoms with E-state index < -0.39 is 23.6 Å². The van der Waals surface area contributed by atoms with Crippen molar-refractivity contribution >= 4 is 28.9 Å². The fraction of sp³-hybridized carbons (Fsp3) is 0.630. The van der Waals surface area contributed by atoms with Crippen molar-refractivity contribution in [1.82, 2.24) is 19.8 Å². The van der Waals surface area contributed by atoms with Gasteiger partial charge in [-0.25, -0.2) is 9.59 Å². The van der Waals surface area contributed by atoms with Gasteiger partial charge in [-0.05, 0) is 57.7 Å². The molecule has 12 nitrogen and oxygen atoms in total. The standard InChI is InChI=1S/C27H40N4O8/c1-27(2,3)39-25(34)28-11-13-37-15-17-38-16-14-36-12-5-6-19-7-8-20-22(18-19)30(4)26(35)31(20)21-9-10-23(32)29-24(21)33/h7-8,18,21H,5-6,9-17H2,1-4H3,(H,28,34)(H,29,32,33).